The average Bonchev–Trinajstić information content (AvgIpc) is 2.73. The molecule has 0 saturated heterocycles. The normalized spacial score (nSPS) is 11.8. The van der Waals surface area contributed by atoms with Gasteiger partial charge in [0.15, 0.2) is 0 Å². The Bertz CT molecular complexity index is 905. The van der Waals surface area contributed by atoms with Crippen LogP contribution in [0.1, 0.15) is 28.5 Å². The quantitative estimate of drug-likeness (QED) is 0.604. The minimum Gasteiger partial charge on any atom is -0.489 e. The number of pyridine rings is 1. The average molecular weight is 391 g/mol. The van der Waals surface area contributed by atoms with Crippen LogP contribution in [0.25, 0.3) is 0 Å². The number of carbonyl (C=O) groups is 1. The number of rotatable bonds is 9. The minimum atomic E-state index is -0.159. The van der Waals surface area contributed by atoms with E-state index in [1.165, 1.54) is 0 Å². The highest BCUT2D eigenvalue weighted by atomic mass is 16.5. The van der Waals surface area contributed by atoms with Crippen molar-refractivity contribution < 1.29 is 9.53 Å². The van der Waals surface area contributed by atoms with E-state index in [4.69, 9.17) is 4.74 Å². The second kappa shape index (κ2) is 10.3. The number of hydrogen-bond acceptors (Lipinski definition) is 6. The molecule has 3 rings (SSSR count). The maximum Gasteiger partial charge on any atom is 0.251 e. The zero-order valence-electron chi connectivity index (χ0n) is 16.7. The van der Waals surface area contributed by atoms with Gasteiger partial charge in [-0.1, -0.05) is 12.1 Å². The fraction of sp³-hybridized carbons (Fsp3) is 0.273. The van der Waals surface area contributed by atoms with Gasteiger partial charge >= 0.3 is 0 Å². The lowest BCUT2D eigenvalue weighted by Crippen LogP contribution is -2.33. The number of hydrogen-bond donors (Lipinski definition) is 1. The number of aromatic nitrogens is 3. The zero-order valence-corrected chi connectivity index (χ0v) is 16.7. The summed E-state index contributed by atoms with van der Waals surface area (Å²) >= 11 is 0. The van der Waals surface area contributed by atoms with Crippen molar-refractivity contribution in [3.63, 3.8) is 0 Å². The molecule has 0 unspecified atom stereocenters. The van der Waals surface area contributed by atoms with Gasteiger partial charge in [0.1, 0.15) is 11.9 Å². The standard InChI is InChI=1S/C22H25N5O2/c1-17(13-26-22(28)19-6-8-23-9-7-19)29-21-5-3-4-18(12-21)15-27(2)16-20-14-24-10-11-25-20/h3-12,14,17H,13,15-16H2,1-2H3,(H,26,28)/t17-/m0/s1. The van der Waals surface area contributed by atoms with Crippen LogP contribution in [-0.4, -0.2) is 45.5 Å². The summed E-state index contributed by atoms with van der Waals surface area (Å²) in [5.41, 5.74) is 2.66. The lowest BCUT2D eigenvalue weighted by Gasteiger charge is -2.18. The van der Waals surface area contributed by atoms with Gasteiger partial charge in [-0.2, -0.15) is 0 Å². The first-order chi connectivity index (χ1) is 14.1. The van der Waals surface area contributed by atoms with Crippen molar-refractivity contribution in [2.45, 2.75) is 26.1 Å². The molecule has 0 aliphatic carbocycles. The van der Waals surface area contributed by atoms with E-state index in [-0.39, 0.29) is 12.0 Å². The van der Waals surface area contributed by atoms with Crippen molar-refractivity contribution in [1.82, 2.24) is 25.2 Å². The highest BCUT2D eigenvalue weighted by Crippen LogP contribution is 2.16. The number of ether oxygens (including phenoxy) is 1. The Balaban J connectivity index is 1.49. The van der Waals surface area contributed by atoms with Gasteiger partial charge in [-0.05, 0) is 43.8 Å². The summed E-state index contributed by atoms with van der Waals surface area (Å²) in [6, 6.07) is 11.4. The van der Waals surface area contributed by atoms with Crippen LogP contribution in [0.2, 0.25) is 0 Å². The van der Waals surface area contributed by atoms with Crippen LogP contribution in [0, 0.1) is 0 Å². The smallest absolute Gasteiger partial charge is 0.251 e. The first-order valence-corrected chi connectivity index (χ1v) is 9.47. The Morgan fingerprint density at radius 3 is 2.69 bits per heavy atom. The highest BCUT2D eigenvalue weighted by Gasteiger charge is 2.10. The van der Waals surface area contributed by atoms with E-state index in [9.17, 15) is 4.79 Å². The van der Waals surface area contributed by atoms with Crippen LogP contribution in [-0.2, 0) is 13.1 Å². The van der Waals surface area contributed by atoms with E-state index in [1.807, 2.05) is 32.2 Å². The molecular weight excluding hydrogens is 366 g/mol. The number of benzene rings is 1. The molecule has 0 aliphatic heterocycles. The Labute approximate surface area is 170 Å². The predicted octanol–water partition coefficient (Wildman–Crippen LogP) is 2.70. The molecule has 1 atom stereocenters. The Morgan fingerprint density at radius 2 is 1.93 bits per heavy atom. The van der Waals surface area contributed by atoms with Gasteiger partial charge in [0, 0.05) is 49.6 Å². The SMILES string of the molecule is C[C@@H](CNC(=O)c1ccncc1)Oc1cccc(CN(C)Cc2cnccn2)c1. The van der Waals surface area contributed by atoms with Crippen molar-refractivity contribution in [1.29, 1.82) is 0 Å². The van der Waals surface area contributed by atoms with Crippen molar-refractivity contribution in [2.75, 3.05) is 13.6 Å². The summed E-state index contributed by atoms with van der Waals surface area (Å²) < 4.78 is 5.97. The second-order valence-electron chi connectivity index (χ2n) is 6.89. The van der Waals surface area contributed by atoms with E-state index in [0.29, 0.717) is 12.1 Å². The molecule has 0 spiro atoms. The fourth-order valence-electron chi connectivity index (χ4n) is 2.89. The first kappa shape index (κ1) is 20.4. The van der Waals surface area contributed by atoms with Crippen LogP contribution < -0.4 is 10.1 Å². The van der Waals surface area contributed by atoms with Crippen molar-refractivity contribution in [3.8, 4) is 5.75 Å². The zero-order chi connectivity index (χ0) is 20.5. The van der Waals surface area contributed by atoms with Crippen LogP contribution in [0.5, 0.6) is 5.75 Å². The molecule has 3 aromatic rings. The topological polar surface area (TPSA) is 80.2 Å². The largest absolute Gasteiger partial charge is 0.489 e. The molecule has 0 aliphatic rings. The third kappa shape index (κ3) is 6.65. The molecule has 0 radical (unpaired) electrons. The van der Waals surface area contributed by atoms with Gasteiger partial charge < -0.3 is 10.1 Å². The molecular formula is C22H25N5O2. The Kier molecular flexibility index (Phi) is 7.24. The maximum atomic E-state index is 12.1. The summed E-state index contributed by atoms with van der Waals surface area (Å²) in [4.78, 5) is 26.6. The summed E-state index contributed by atoms with van der Waals surface area (Å²) in [7, 11) is 2.04. The van der Waals surface area contributed by atoms with E-state index in [1.54, 1.807) is 43.1 Å². The Hall–Kier alpha value is -3.32. The molecule has 1 amide bonds. The predicted molar refractivity (Wildman–Crippen MR) is 110 cm³/mol. The Morgan fingerprint density at radius 1 is 1.10 bits per heavy atom. The molecule has 7 nitrogen and oxygen atoms in total. The van der Waals surface area contributed by atoms with Crippen LogP contribution in [0.3, 0.4) is 0 Å². The van der Waals surface area contributed by atoms with E-state index < -0.39 is 0 Å². The molecule has 2 aromatic heterocycles. The van der Waals surface area contributed by atoms with E-state index in [2.05, 4.69) is 31.2 Å². The molecule has 29 heavy (non-hydrogen) atoms. The lowest BCUT2D eigenvalue weighted by molar-refractivity contribution is 0.0932. The van der Waals surface area contributed by atoms with Gasteiger partial charge in [-0.15, -0.1) is 0 Å². The van der Waals surface area contributed by atoms with Crippen LogP contribution in [0.15, 0.2) is 67.4 Å². The van der Waals surface area contributed by atoms with Crippen molar-refractivity contribution >= 4 is 5.91 Å². The molecule has 1 aromatic carbocycles. The van der Waals surface area contributed by atoms with Gasteiger partial charge in [0.05, 0.1) is 12.2 Å². The molecule has 0 fully saturated rings. The van der Waals surface area contributed by atoms with E-state index >= 15 is 0 Å². The molecule has 150 valence electrons. The monoisotopic (exact) mass is 391 g/mol. The maximum absolute atomic E-state index is 12.1. The summed E-state index contributed by atoms with van der Waals surface area (Å²) in [5.74, 6) is 0.642. The third-order valence-corrected chi connectivity index (χ3v) is 4.23. The number of nitrogens with zero attached hydrogens (tertiary/aromatic N) is 4. The third-order valence-electron chi connectivity index (χ3n) is 4.23. The van der Waals surface area contributed by atoms with Crippen molar-refractivity contribution in [3.05, 3.63) is 84.2 Å². The second-order valence-corrected chi connectivity index (χ2v) is 6.89. The molecule has 0 bridgehead atoms. The van der Waals surface area contributed by atoms with E-state index in [0.717, 1.165) is 30.1 Å². The summed E-state index contributed by atoms with van der Waals surface area (Å²) in [5, 5.41) is 2.88. The highest BCUT2D eigenvalue weighted by molar-refractivity contribution is 5.93. The molecule has 2 heterocycles. The lowest BCUT2D eigenvalue weighted by atomic mass is 10.2. The number of carbonyl (C=O) groups excluding carboxylic acids is 1. The number of nitrogens with one attached hydrogen (secondary N) is 1. The van der Waals surface area contributed by atoms with Gasteiger partial charge in [0.25, 0.3) is 5.91 Å². The van der Waals surface area contributed by atoms with Gasteiger partial charge in [-0.25, -0.2) is 0 Å². The van der Waals surface area contributed by atoms with Crippen LogP contribution in [0.4, 0.5) is 0 Å². The summed E-state index contributed by atoms with van der Waals surface area (Å²) in [6.07, 6.45) is 8.19. The van der Waals surface area contributed by atoms with Gasteiger partial charge in [0.2, 0.25) is 0 Å². The van der Waals surface area contributed by atoms with Gasteiger partial charge in [-0.3, -0.25) is 24.6 Å². The fourth-order valence-corrected chi connectivity index (χ4v) is 2.89. The minimum absolute atomic E-state index is 0.137. The van der Waals surface area contributed by atoms with Crippen LogP contribution >= 0.6 is 0 Å². The molecule has 0 saturated carbocycles. The molecule has 7 heteroatoms. The number of amides is 1. The van der Waals surface area contributed by atoms with Crippen molar-refractivity contribution in [2.24, 2.45) is 0 Å². The molecule has 1 N–H and O–H groups in total. The summed E-state index contributed by atoms with van der Waals surface area (Å²) in [6.45, 7) is 3.83. The first-order valence-electron chi connectivity index (χ1n) is 9.47.